The van der Waals surface area contributed by atoms with E-state index in [0.717, 1.165) is 0 Å². The van der Waals surface area contributed by atoms with Gasteiger partial charge in [0.15, 0.2) is 11.5 Å². The normalized spacial score (nSPS) is 18.4. The molecular weight excluding hydrogens is 282 g/mol. The van der Waals surface area contributed by atoms with E-state index in [-0.39, 0.29) is 36.0 Å². The fourth-order valence-corrected chi connectivity index (χ4v) is 2.30. The molecule has 1 fully saturated rings. The third-order valence-corrected chi connectivity index (χ3v) is 3.24. The number of nitro benzene ring substituents is 1. The van der Waals surface area contributed by atoms with Crippen molar-refractivity contribution in [2.75, 3.05) is 20.5 Å². The number of carbonyl (C=O) groups is 1. The van der Waals surface area contributed by atoms with Gasteiger partial charge in [0, 0.05) is 12.5 Å². The maximum atomic E-state index is 11.7. The standard InChI is InChI=1S/C13H11NO7/c1-18-12(7-2-3-19-13(7)15)8-4-10-11(21-6-20-10)5-9(8)14(16)17/h4-5H,2-3,6H2,1H3/b12-7+. The number of esters is 1. The average Bonchev–Trinajstić information content (AvgIpc) is 3.07. The average molecular weight is 293 g/mol. The van der Waals surface area contributed by atoms with Crippen LogP contribution in [0, 0.1) is 10.1 Å². The number of hydrogen-bond donors (Lipinski definition) is 0. The van der Waals surface area contributed by atoms with E-state index in [0.29, 0.717) is 17.9 Å². The highest BCUT2D eigenvalue weighted by Gasteiger charge is 2.31. The quantitative estimate of drug-likeness (QED) is 0.274. The Morgan fingerprint density at radius 1 is 1.29 bits per heavy atom. The second-order valence-electron chi connectivity index (χ2n) is 4.38. The van der Waals surface area contributed by atoms with Gasteiger partial charge in [-0.25, -0.2) is 4.79 Å². The molecule has 0 amide bonds. The Morgan fingerprint density at radius 2 is 2.00 bits per heavy atom. The number of methoxy groups -OCH3 is 1. The van der Waals surface area contributed by atoms with Gasteiger partial charge in [-0.2, -0.15) is 0 Å². The van der Waals surface area contributed by atoms with Crippen molar-refractivity contribution in [3.05, 3.63) is 33.4 Å². The lowest BCUT2D eigenvalue weighted by molar-refractivity contribution is -0.385. The molecule has 1 aromatic carbocycles. The van der Waals surface area contributed by atoms with Crippen LogP contribution in [-0.4, -0.2) is 31.4 Å². The summed E-state index contributed by atoms with van der Waals surface area (Å²) in [7, 11) is 1.35. The van der Waals surface area contributed by atoms with Crippen molar-refractivity contribution in [2.24, 2.45) is 0 Å². The summed E-state index contributed by atoms with van der Waals surface area (Å²) < 4.78 is 20.4. The monoisotopic (exact) mass is 293 g/mol. The summed E-state index contributed by atoms with van der Waals surface area (Å²) in [5, 5.41) is 11.3. The number of carbonyl (C=O) groups excluding carboxylic acids is 1. The van der Waals surface area contributed by atoms with Crippen LogP contribution in [0.2, 0.25) is 0 Å². The zero-order valence-corrected chi connectivity index (χ0v) is 11.1. The SMILES string of the molecule is CO/C(=C1\CCOC1=O)c1cc2c(cc1[N+](=O)[O-])OCO2. The van der Waals surface area contributed by atoms with Gasteiger partial charge in [-0.15, -0.1) is 0 Å². The Hall–Kier alpha value is -2.77. The van der Waals surface area contributed by atoms with E-state index in [1.165, 1.54) is 19.2 Å². The summed E-state index contributed by atoms with van der Waals surface area (Å²) in [5.74, 6) is 0.262. The first-order valence-corrected chi connectivity index (χ1v) is 6.14. The minimum atomic E-state index is -0.558. The topological polar surface area (TPSA) is 97.1 Å². The fraction of sp³-hybridized carbons (Fsp3) is 0.308. The van der Waals surface area contributed by atoms with Gasteiger partial charge in [-0.3, -0.25) is 10.1 Å². The van der Waals surface area contributed by atoms with Crippen LogP contribution in [0.25, 0.3) is 5.76 Å². The second-order valence-corrected chi connectivity index (χ2v) is 4.38. The molecule has 0 bridgehead atoms. The van der Waals surface area contributed by atoms with E-state index in [9.17, 15) is 14.9 Å². The van der Waals surface area contributed by atoms with Crippen molar-refractivity contribution in [3.8, 4) is 11.5 Å². The molecular formula is C13H11NO7. The first-order chi connectivity index (χ1) is 10.1. The van der Waals surface area contributed by atoms with Crippen molar-refractivity contribution in [1.82, 2.24) is 0 Å². The number of rotatable bonds is 3. The summed E-state index contributed by atoms with van der Waals surface area (Å²) in [6, 6.07) is 2.70. The molecule has 110 valence electrons. The Balaban J connectivity index is 2.20. The molecule has 1 aromatic rings. The van der Waals surface area contributed by atoms with Gasteiger partial charge in [0.1, 0.15) is 5.76 Å². The van der Waals surface area contributed by atoms with Crippen LogP contribution in [0.4, 0.5) is 5.69 Å². The lowest BCUT2D eigenvalue weighted by atomic mass is 10.0. The van der Waals surface area contributed by atoms with Crippen LogP contribution in [0.3, 0.4) is 0 Å². The van der Waals surface area contributed by atoms with E-state index < -0.39 is 10.9 Å². The highest BCUT2D eigenvalue weighted by Crippen LogP contribution is 2.42. The van der Waals surface area contributed by atoms with Crippen molar-refractivity contribution in [3.63, 3.8) is 0 Å². The molecule has 3 rings (SSSR count). The Morgan fingerprint density at radius 3 is 2.57 bits per heavy atom. The summed E-state index contributed by atoms with van der Waals surface area (Å²) >= 11 is 0. The van der Waals surface area contributed by atoms with Crippen molar-refractivity contribution in [2.45, 2.75) is 6.42 Å². The zero-order valence-electron chi connectivity index (χ0n) is 11.1. The maximum Gasteiger partial charge on any atom is 0.337 e. The molecule has 0 N–H and O–H groups in total. The van der Waals surface area contributed by atoms with Crippen LogP contribution in [0.1, 0.15) is 12.0 Å². The van der Waals surface area contributed by atoms with Gasteiger partial charge >= 0.3 is 5.97 Å². The molecule has 0 aliphatic carbocycles. The Labute approximate surface area is 119 Å². The molecule has 0 aromatic heterocycles. The van der Waals surface area contributed by atoms with Crippen LogP contribution in [0.5, 0.6) is 11.5 Å². The van der Waals surface area contributed by atoms with E-state index in [4.69, 9.17) is 18.9 Å². The van der Waals surface area contributed by atoms with Crippen LogP contribution in [0.15, 0.2) is 17.7 Å². The molecule has 8 heteroatoms. The third-order valence-electron chi connectivity index (χ3n) is 3.24. The predicted octanol–water partition coefficient (Wildman–Crippen LogP) is 1.63. The third kappa shape index (κ3) is 2.14. The summed E-state index contributed by atoms with van der Waals surface area (Å²) in [6.45, 7) is 0.232. The van der Waals surface area contributed by atoms with Gasteiger partial charge in [-0.1, -0.05) is 0 Å². The zero-order chi connectivity index (χ0) is 15.0. The van der Waals surface area contributed by atoms with E-state index in [1.807, 2.05) is 0 Å². The summed E-state index contributed by atoms with van der Waals surface area (Å²) in [4.78, 5) is 22.4. The molecule has 0 radical (unpaired) electrons. The number of nitrogens with zero attached hydrogens (tertiary/aromatic N) is 1. The molecule has 2 aliphatic rings. The van der Waals surface area contributed by atoms with Gasteiger partial charge in [0.2, 0.25) is 6.79 Å². The molecule has 0 saturated carbocycles. The van der Waals surface area contributed by atoms with Gasteiger partial charge < -0.3 is 18.9 Å². The Bertz CT molecular complexity index is 665. The van der Waals surface area contributed by atoms with Crippen molar-refractivity contribution in [1.29, 1.82) is 0 Å². The first-order valence-electron chi connectivity index (χ1n) is 6.14. The second kappa shape index (κ2) is 4.97. The van der Waals surface area contributed by atoms with Gasteiger partial charge in [0.25, 0.3) is 5.69 Å². The number of ether oxygens (including phenoxy) is 4. The molecule has 0 spiro atoms. The van der Waals surface area contributed by atoms with Crippen molar-refractivity contribution >= 4 is 17.4 Å². The van der Waals surface area contributed by atoms with Gasteiger partial charge in [-0.05, 0) is 0 Å². The number of cyclic esters (lactones) is 1. The largest absolute Gasteiger partial charge is 0.495 e. The minimum Gasteiger partial charge on any atom is -0.495 e. The molecule has 0 atom stereocenters. The number of hydrogen-bond acceptors (Lipinski definition) is 7. The minimum absolute atomic E-state index is 0.00311. The van der Waals surface area contributed by atoms with Crippen LogP contribution >= 0.6 is 0 Å². The summed E-state index contributed by atoms with van der Waals surface area (Å²) in [6.07, 6.45) is 0.341. The first kappa shape index (κ1) is 13.2. The van der Waals surface area contributed by atoms with Crippen LogP contribution in [-0.2, 0) is 14.3 Å². The highest BCUT2D eigenvalue weighted by molar-refractivity contribution is 5.98. The molecule has 0 unspecified atom stereocenters. The molecule has 2 aliphatic heterocycles. The number of fused-ring (bicyclic) bond motifs is 1. The molecule has 8 nitrogen and oxygen atoms in total. The molecule has 2 heterocycles. The number of benzene rings is 1. The predicted molar refractivity (Wildman–Crippen MR) is 68.7 cm³/mol. The molecule has 1 saturated heterocycles. The van der Waals surface area contributed by atoms with E-state index in [2.05, 4.69) is 0 Å². The smallest absolute Gasteiger partial charge is 0.337 e. The lowest BCUT2D eigenvalue weighted by Crippen LogP contribution is -2.03. The maximum absolute atomic E-state index is 11.7. The fourth-order valence-electron chi connectivity index (χ4n) is 2.30. The van der Waals surface area contributed by atoms with E-state index in [1.54, 1.807) is 0 Å². The number of nitro groups is 1. The molecule has 21 heavy (non-hydrogen) atoms. The van der Waals surface area contributed by atoms with Crippen molar-refractivity contribution < 1.29 is 28.7 Å². The highest BCUT2D eigenvalue weighted by atomic mass is 16.7. The lowest BCUT2D eigenvalue weighted by Gasteiger charge is -2.10. The van der Waals surface area contributed by atoms with Gasteiger partial charge in [0.05, 0.1) is 35.8 Å². The Kier molecular flexibility index (Phi) is 3.13. The van der Waals surface area contributed by atoms with Crippen LogP contribution < -0.4 is 9.47 Å². The summed E-state index contributed by atoms with van der Waals surface area (Å²) in [5.41, 5.74) is 0.225. The van der Waals surface area contributed by atoms with E-state index >= 15 is 0 Å².